The quantitative estimate of drug-likeness (QED) is 0.333. The molecule has 0 aliphatic carbocycles. The number of rotatable bonds is 7. The van der Waals surface area contributed by atoms with Crippen LogP contribution in [-0.2, 0) is 6.54 Å². The molecular formula is C26H26ClN7O. The van der Waals surface area contributed by atoms with Gasteiger partial charge in [0.1, 0.15) is 23.6 Å². The largest absolute Gasteiger partial charge is 0.494 e. The predicted octanol–water partition coefficient (Wildman–Crippen LogP) is 5.36. The number of aromatic nitrogens is 5. The van der Waals surface area contributed by atoms with E-state index in [1.807, 2.05) is 81.8 Å². The Kier molecular flexibility index (Phi) is 6.15. The number of ether oxygens (including phenoxy) is 1. The second kappa shape index (κ2) is 9.40. The molecule has 0 radical (unpaired) electrons. The van der Waals surface area contributed by atoms with Crippen LogP contribution in [0.1, 0.15) is 11.5 Å². The summed E-state index contributed by atoms with van der Waals surface area (Å²) in [5.74, 6) is 1.38. The molecule has 0 spiro atoms. The monoisotopic (exact) mass is 487 g/mol. The molecule has 0 unspecified atom stereocenters. The van der Waals surface area contributed by atoms with Crippen LogP contribution >= 0.6 is 11.6 Å². The van der Waals surface area contributed by atoms with Crippen LogP contribution in [0.5, 0.6) is 5.75 Å². The summed E-state index contributed by atoms with van der Waals surface area (Å²) in [6.07, 6.45) is 3.71. The van der Waals surface area contributed by atoms with Gasteiger partial charge in [0.2, 0.25) is 0 Å². The van der Waals surface area contributed by atoms with Crippen molar-refractivity contribution < 1.29 is 4.74 Å². The topological polar surface area (TPSA) is 72.5 Å². The molecule has 2 aromatic carbocycles. The molecule has 1 N–H and O–H groups in total. The lowest BCUT2D eigenvalue weighted by atomic mass is 10.1. The minimum Gasteiger partial charge on any atom is -0.494 e. The molecule has 0 amide bonds. The number of nitrogens with zero attached hydrogens (tertiary/aromatic N) is 6. The van der Waals surface area contributed by atoms with Crippen molar-refractivity contribution in [1.82, 2.24) is 29.0 Å². The van der Waals surface area contributed by atoms with Gasteiger partial charge in [-0.1, -0.05) is 29.8 Å². The summed E-state index contributed by atoms with van der Waals surface area (Å²) in [6.45, 7) is 2.57. The standard InChI is InChI=1S/C26H26ClN7O/c1-17-28-16-34(31-17)22-12-11-18(14-24(22)35-4)29-21-10-7-13-33-23(15-32(2)3)25(30-26(21)33)19-8-5-6-9-20(19)27/h5-14,16,29H,15H2,1-4H3. The highest BCUT2D eigenvalue weighted by molar-refractivity contribution is 6.33. The zero-order valence-corrected chi connectivity index (χ0v) is 20.8. The second-order valence-electron chi connectivity index (χ2n) is 8.49. The molecule has 0 fully saturated rings. The molecule has 5 rings (SSSR count). The van der Waals surface area contributed by atoms with Crippen molar-refractivity contribution in [3.8, 4) is 22.7 Å². The summed E-state index contributed by atoms with van der Waals surface area (Å²) in [5, 5.41) is 8.58. The minimum absolute atomic E-state index is 0.675. The van der Waals surface area contributed by atoms with Crippen LogP contribution in [-0.4, -0.2) is 50.3 Å². The average molecular weight is 488 g/mol. The van der Waals surface area contributed by atoms with Crippen molar-refractivity contribution in [3.05, 3.63) is 83.7 Å². The molecule has 9 heteroatoms. The van der Waals surface area contributed by atoms with Crippen molar-refractivity contribution in [3.63, 3.8) is 0 Å². The summed E-state index contributed by atoms with van der Waals surface area (Å²) in [7, 11) is 5.73. The normalized spacial score (nSPS) is 11.4. The number of anilines is 2. The Hall–Kier alpha value is -3.88. The van der Waals surface area contributed by atoms with Crippen molar-refractivity contribution in [2.24, 2.45) is 0 Å². The molecule has 3 aromatic heterocycles. The summed E-state index contributed by atoms with van der Waals surface area (Å²) in [5.41, 5.74) is 6.21. The highest BCUT2D eigenvalue weighted by Crippen LogP contribution is 2.34. The number of halogens is 1. The number of fused-ring (bicyclic) bond motifs is 1. The summed E-state index contributed by atoms with van der Waals surface area (Å²) >= 11 is 6.56. The van der Waals surface area contributed by atoms with Crippen LogP contribution in [0.3, 0.4) is 0 Å². The molecule has 3 heterocycles. The lowest BCUT2D eigenvalue weighted by Gasteiger charge is -2.14. The molecule has 0 aliphatic rings. The summed E-state index contributed by atoms with van der Waals surface area (Å²) in [6, 6.07) is 17.7. The number of imidazole rings is 1. The first-order valence-corrected chi connectivity index (χ1v) is 11.6. The number of pyridine rings is 1. The molecule has 0 aliphatic heterocycles. The lowest BCUT2D eigenvalue weighted by Crippen LogP contribution is -2.13. The van der Waals surface area contributed by atoms with Crippen molar-refractivity contribution in [2.45, 2.75) is 13.5 Å². The van der Waals surface area contributed by atoms with E-state index in [1.54, 1.807) is 18.1 Å². The first kappa shape index (κ1) is 22.9. The second-order valence-corrected chi connectivity index (χ2v) is 8.90. The summed E-state index contributed by atoms with van der Waals surface area (Å²) in [4.78, 5) is 11.4. The maximum absolute atomic E-state index is 6.56. The van der Waals surface area contributed by atoms with Crippen molar-refractivity contribution in [2.75, 3.05) is 26.5 Å². The van der Waals surface area contributed by atoms with E-state index in [2.05, 4.69) is 24.7 Å². The highest BCUT2D eigenvalue weighted by atomic mass is 35.5. The molecule has 8 nitrogen and oxygen atoms in total. The van der Waals surface area contributed by atoms with Gasteiger partial charge in [-0.2, -0.15) is 5.10 Å². The molecule has 178 valence electrons. The van der Waals surface area contributed by atoms with Gasteiger partial charge in [0, 0.05) is 30.1 Å². The van der Waals surface area contributed by atoms with E-state index in [9.17, 15) is 0 Å². The van der Waals surface area contributed by atoms with Crippen LogP contribution in [0, 0.1) is 6.92 Å². The third-order valence-corrected chi connectivity index (χ3v) is 5.99. The third-order valence-electron chi connectivity index (χ3n) is 5.66. The zero-order valence-electron chi connectivity index (χ0n) is 20.0. The molecular weight excluding hydrogens is 462 g/mol. The minimum atomic E-state index is 0.675. The van der Waals surface area contributed by atoms with Crippen LogP contribution in [0.15, 0.2) is 67.1 Å². The Bertz CT molecular complexity index is 1510. The Morgan fingerprint density at radius 3 is 2.63 bits per heavy atom. The van der Waals surface area contributed by atoms with Crippen LogP contribution < -0.4 is 10.1 Å². The summed E-state index contributed by atoms with van der Waals surface area (Å²) < 4.78 is 9.46. The Morgan fingerprint density at radius 2 is 1.91 bits per heavy atom. The Morgan fingerprint density at radius 1 is 1.09 bits per heavy atom. The van der Waals surface area contributed by atoms with Crippen molar-refractivity contribution >= 4 is 28.6 Å². The molecule has 0 saturated carbocycles. The number of hydrogen-bond donors (Lipinski definition) is 1. The van der Waals surface area contributed by atoms with Crippen LogP contribution in [0.4, 0.5) is 11.4 Å². The van der Waals surface area contributed by atoms with E-state index in [0.29, 0.717) is 23.1 Å². The average Bonchev–Trinajstić information content (AvgIpc) is 3.43. The van der Waals surface area contributed by atoms with E-state index < -0.39 is 0 Å². The van der Waals surface area contributed by atoms with Gasteiger partial charge >= 0.3 is 0 Å². The molecule has 0 atom stereocenters. The van der Waals surface area contributed by atoms with Gasteiger partial charge < -0.3 is 19.4 Å². The fourth-order valence-corrected chi connectivity index (χ4v) is 4.32. The number of nitrogens with one attached hydrogen (secondary N) is 1. The number of hydrogen-bond acceptors (Lipinski definition) is 6. The van der Waals surface area contributed by atoms with E-state index in [1.165, 1.54) is 0 Å². The van der Waals surface area contributed by atoms with E-state index >= 15 is 0 Å². The Balaban J connectivity index is 1.58. The number of benzene rings is 2. The number of methoxy groups -OCH3 is 1. The van der Waals surface area contributed by atoms with Gasteiger partial charge in [0.05, 0.1) is 29.2 Å². The molecule has 0 saturated heterocycles. The van der Waals surface area contributed by atoms with Gasteiger partial charge in [-0.25, -0.2) is 14.6 Å². The SMILES string of the molecule is COc1cc(Nc2cccn3c(CN(C)C)c(-c4ccccc4Cl)nc23)ccc1-n1cnc(C)n1. The van der Waals surface area contributed by atoms with Gasteiger partial charge in [-0.15, -0.1) is 0 Å². The zero-order chi connectivity index (χ0) is 24.5. The van der Waals surface area contributed by atoms with Crippen LogP contribution in [0.25, 0.3) is 22.6 Å². The fourth-order valence-electron chi connectivity index (χ4n) is 4.10. The predicted molar refractivity (Wildman–Crippen MR) is 139 cm³/mol. The Labute approximate surface area is 208 Å². The maximum atomic E-state index is 6.56. The van der Waals surface area contributed by atoms with Gasteiger partial charge in [-0.3, -0.25) is 0 Å². The number of aryl methyl sites for hydroxylation is 1. The first-order valence-electron chi connectivity index (χ1n) is 11.2. The van der Waals surface area contributed by atoms with Crippen molar-refractivity contribution in [1.29, 1.82) is 0 Å². The van der Waals surface area contributed by atoms with Crippen LogP contribution in [0.2, 0.25) is 5.02 Å². The molecule has 5 aromatic rings. The molecule has 35 heavy (non-hydrogen) atoms. The highest BCUT2D eigenvalue weighted by Gasteiger charge is 2.19. The lowest BCUT2D eigenvalue weighted by molar-refractivity contribution is 0.396. The smallest absolute Gasteiger partial charge is 0.161 e. The van der Waals surface area contributed by atoms with E-state index in [0.717, 1.165) is 39.7 Å². The third kappa shape index (κ3) is 4.45. The van der Waals surface area contributed by atoms with E-state index in [4.69, 9.17) is 21.3 Å². The fraction of sp³-hybridized carbons (Fsp3) is 0.192. The maximum Gasteiger partial charge on any atom is 0.161 e. The van der Waals surface area contributed by atoms with E-state index in [-0.39, 0.29) is 0 Å². The first-order chi connectivity index (χ1) is 16.9. The van der Waals surface area contributed by atoms with Gasteiger partial charge in [0.25, 0.3) is 0 Å². The molecule has 0 bridgehead atoms. The van der Waals surface area contributed by atoms with Gasteiger partial charge in [0.15, 0.2) is 5.65 Å². The van der Waals surface area contributed by atoms with Gasteiger partial charge in [-0.05, 0) is 51.4 Å².